The molecule has 1 fully saturated rings. The molecule has 1 unspecified atom stereocenters. The maximum absolute atomic E-state index is 13.1. The van der Waals surface area contributed by atoms with Gasteiger partial charge in [-0.2, -0.15) is 0 Å². The third kappa shape index (κ3) is 8.79. The van der Waals surface area contributed by atoms with E-state index in [1.807, 2.05) is 33.8 Å². The molecule has 1 atom stereocenters. The van der Waals surface area contributed by atoms with Crippen molar-refractivity contribution in [3.8, 4) is 0 Å². The van der Waals surface area contributed by atoms with E-state index in [0.29, 0.717) is 5.92 Å². The zero-order chi connectivity index (χ0) is 19.0. The predicted octanol–water partition coefficient (Wildman–Crippen LogP) is 5.64. The predicted molar refractivity (Wildman–Crippen MR) is 105 cm³/mol. The van der Waals surface area contributed by atoms with Gasteiger partial charge >= 0.3 is 0 Å². The molecule has 0 spiro atoms. The van der Waals surface area contributed by atoms with E-state index in [1.54, 1.807) is 12.1 Å². The third-order valence-electron chi connectivity index (χ3n) is 4.13. The summed E-state index contributed by atoms with van der Waals surface area (Å²) in [6.45, 7) is 16.3. The van der Waals surface area contributed by atoms with E-state index in [-0.39, 0.29) is 5.82 Å². The number of rotatable bonds is 1. The van der Waals surface area contributed by atoms with Crippen molar-refractivity contribution < 1.29 is 9.50 Å². The average molecular weight is 342 g/mol. The van der Waals surface area contributed by atoms with Crippen LogP contribution in [0.3, 0.4) is 0 Å². The Kier molecular flexibility index (Phi) is 17.8. The van der Waals surface area contributed by atoms with Crippen LogP contribution in [0.15, 0.2) is 18.2 Å². The molecule has 0 saturated carbocycles. The fourth-order valence-corrected chi connectivity index (χ4v) is 2.97. The molecule has 3 rings (SSSR count). The quantitative estimate of drug-likeness (QED) is 0.714. The van der Waals surface area contributed by atoms with Gasteiger partial charge in [-0.15, -0.1) is 0 Å². The lowest BCUT2D eigenvalue weighted by Crippen LogP contribution is -2.17. The molecule has 0 radical (unpaired) electrons. The molecular formula is C21H40FNO. The first-order valence-corrected chi connectivity index (χ1v) is 9.66. The largest absolute Gasteiger partial charge is 0.400 e. The molecule has 1 saturated heterocycles. The van der Waals surface area contributed by atoms with Gasteiger partial charge in [-0.3, -0.25) is 0 Å². The monoisotopic (exact) mass is 341 g/mol. The van der Waals surface area contributed by atoms with Gasteiger partial charge in [0.25, 0.3) is 0 Å². The van der Waals surface area contributed by atoms with Crippen LogP contribution in [0.1, 0.15) is 77.8 Å². The maximum atomic E-state index is 13.1. The Morgan fingerprint density at radius 2 is 1.62 bits per heavy atom. The van der Waals surface area contributed by atoms with Gasteiger partial charge in [0, 0.05) is 7.11 Å². The number of hydrogen-bond donors (Lipinski definition) is 1. The molecule has 0 aromatic heterocycles. The van der Waals surface area contributed by atoms with E-state index >= 15 is 0 Å². The SMILES string of the molecule is CC.CC.CC1CCc2cccc(F)c21.CCN1CCCC1.CO. The topological polar surface area (TPSA) is 23.5 Å². The summed E-state index contributed by atoms with van der Waals surface area (Å²) in [7, 11) is 1.00. The highest BCUT2D eigenvalue weighted by molar-refractivity contribution is 5.35. The minimum absolute atomic E-state index is 0.0208. The molecule has 1 aromatic rings. The lowest BCUT2D eigenvalue weighted by Gasteiger charge is -2.08. The number of aryl methyl sites for hydroxylation is 1. The number of aliphatic hydroxyl groups is 1. The number of benzene rings is 1. The van der Waals surface area contributed by atoms with Crippen molar-refractivity contribution in [2.75, 3.05) is 26.7 Å². The van der Waals surface area contributed by atoms with E-state index in [0.717, 1.165) is 25.5 Å². The highest BCUT2D eigenvalue weighted by Crippen LogP contribution is 2.33. The van der Waals surface area contributed by atoms with E-state index in [1.165, 1.54) is 38.0 Å². The Hall–Kier alpha value is -0.930. The summed E-state index contributed by atoms with van der Waals surface area (Å²) in [5, 5.41) is 7.00. The number of hydrogen-bond acceptors (Lipinski definition) is 2. The Morgan fingerprint density at radius 1 is 1.08 bits per heavy atom. The van der Waals surface area contributed by atoms with Crippen LogP contribution in [0.25, 0.3) is 0 Å². The molecule has 0 amide bonds. The van der Waals surface area contributed by atoms with Crippen molar-refractivity contribution in [3.05, 3.63) is 35.1 Å². The summed E-state index contributed by atoms with van der Waals surface area (Å²) in [4.78, 5) is 2.49. The van der Waals surface area contributed by atoms with Crippen LogP contribution >= 0.6 is 0 Å². The molecule has 1 aliphatic carbocycles. The number of halogens is 1. The van der Waals surface area contributed by atoms with Crippen LogP contribution in [-0.2, 0) is 6.42 Å². The van der Waals surface area contributed by atoms with E-state index < -0.39 is 0 Å². The zero-order valence-electron chi connectivity index (χ0n) is 17.0. The Labute approximate surface area is 150 Å². The zero-order valence-corrected chi connectivity index (χ0v) is 17.0. The molecule has 1 heterocycles. The standard InChI is InChI=1S/C10H11F.C6H13N.2C2H6.CH4O/c1-7-5-6-8-3-2-4-9(11)10(7)8;1-2-7-5-3-4-6-7;3*1-2/h2-4,7H,5-6H2,1H3;2-6H2,1H3;2*1-2H3;2H,1H3. The number of fused-ring (bicyclic) bond motifs is 1. The third-order valence-corrected chi connectivity index (χ3v) is 4.13. The lowest BCUT2D eigenvalue weighted by molar-refractivity contribution is 0.359. The van der Waals surface area contributed by atoms with E-state index in [2.05, 4.69) is 18.7 Å². The van der Waals surface area contributed by atoms with Crippen LogP contribution in [0.2, 0.25) is 0 Å². The Balaban J connectivity index is 0. The van der Waals surface area contributed by atoms with Gasteiger partial charge in [0.15, 0.2) is 0 Å². The first-order valence-electron chi connectivity index (χ1n) is 9.66. The van der Waals surface area contributed by atoms with Crippen molar-refractivity contribution in [3.63, 3.8) is 0 Å². The molecular weight excluding hydrogens is 301 g/mol. The van der Waals surface area contributed by atoms with Crippen LogP contribution in [0.5, 0.6) is 0 Å². The summed E-state index contributed by atoms with van der Waals surface area (Å²) in [5.41, 5.74) is 2.16. The van der Waals surface area contributed by atoms with Crippen LogP contribution in [0.4, 0.5) is 4.39 Å². The first kappa shape index (κ1) is 25.3. The highest BCUT2D eigenvalue weighted by Gasteiger charge is 2.21. The smallest absolute Gasteiger partial charge is 0.126 e. The van der Waals surface area contributed by atoms with Crippen molar-refractivity contribution in [1.82, 2.24) is 4.90 Å². The Bertz CT molecular complexity index is 389. The first-order chi connectivity index (χ1) is 11.7. The Morgan fingerprint density at radius 3 is 2.04 bits per heavy atom. The minimum atomic E-state index is -0.0208. The van der Waals surface area contributed by atoms with Gasteiger partial charge in [-0.1, -0.05) is 53.7 Å². The fraction of sp³-hybridized carbons (Fsp3) is 0.714. The molecule has 3 heteroatoms. The van der Waals surface area contributed by atoms with Gasteiger partial charge in [0.2, 0.25) is 0 Å². The van der Waals surface area contributed by atoms with Gasteiger partial charge < -0.3 is 10.0 Å². The summed E-state index contributed by atoms with van der Waals surface area (Å²) in [6, 6.07) is 5.38. The second kappa shape index (κ2) is 16.9. The van der Waals surface area contributed by atoms with E-state index in [9.17, 15) is 4.39 Å². The maximum Gasteiger partial charge on any atom is 0.126 e. The highest BCUT2D eigenvalue weighted by atomic mass is 19.1. The second-order valence-corrected chi connectivity index (χ2v) is 5.39. The summed E-state index contributed by atoms with van der Waals surface area (Å²) in [6.07, 6.45) is 5.01. The minimum Gasteiger partial charge on any atom is -0.400 e. The van der Waals surface area contributed by atoms with Crippen LogP contribution in [-0.4, -0.2) is 36.8 Å². The molecule has 2 aliphatic rings. The van der Waals surface area contributed by atoms with Crippen molar-refractivity contribution in [2.24, 2.45) is 0 Å². The van der Waals surface area contributed by atoms with E-state index in [4.69, 9.17) is 5.11 Å². The molecule has 0 bridgehead atoms. The summed E-state index contributed by atoms with van der Waals surface area (Å²) >= 11 is 0. The van der Waals surface area contributed by atoms with Gasteiger partial charge in [0.05, 0.1) is 0 Å². The normalized spacial score (nSPS) is 17.6. The number of aliphatic hydroxyl groups excluding tert-OH is 1. The fourth-order valence-electron chi connectivity index (χ4n) is 2.97. The molecule has 2 nitrogen and oxygen atoms in total. The van der Waals surface area contributed by atoms with Gasteiger partial charge in [0.1, 0.15) is 5.82 Å². The number of nitrogens with zero attached hydrogens (tertiary/aromatic N) is 1. The molecule has 24 heavy (non-hydrogen) atoms. The van der Waals surface area contributed by atoms with Crippen molar-refractivity contribution >= 4 is 0 Å². The lowest BCUT2D eigenvalue weighted by atomic mass is 10.0. The summed E-state index contributed by atoms with van der Waals surface area (Å²) < 4.78 is 13.1. The van der Waals surface area contributed by atoms with Gasteiger partial charge in [-0.05, 0) is 68.4 Å². The van der Waals surface area contributed by atoms with Crippen LogP contribution < -0.4 is 0 Å². The molecule has 1 aliphatic heterocycles. The summed E-state index contributed by atoms with van der Waals surface area (Å²) in [5.74, 6) is 0.402. The second-order valence-electron chi connectivity index (χ2n) is 5.39. The molecule has 1 N–H and O–H groups in total. The van der Waals surface area contributed by atoms with Crippen molar-refractivity contribution in [2.45, 2.75) is 73.1 Å². The number of likely N-dealkylation sites (tertiary alicyclic amines) is 1. The molecule has 142 valence electrons. The average Bonchev–Trinajstić information content (AvgIpc) is 3.31. The van der Waals surface area contributed by atoms with Crippen molar-refractivity contribution in [1.29, 1.82) is 0 Å². The van der Waals surface area contributed by atoms with Crippen LogP contribution in [0, 0.1) is 5.82 Å². The van der Waals surface area contributed by atoms with Gasteiger partial charge in [-0.25, -0.2) is 4.39 Å². The molecule has 1 aromatic carbocycles.